The van der Waals surface area contributed by atoms with Gasteiger partial charge in [0.05, 0.1) is 41.3 Å². The quantitative estimate of drug-likeness (QED) is 0.313. The molecule has 0 bridgehead atoms. The maximum Gasteiger partial charge on any atom is 0.319 e. The zero-order chi connectivity index (χ0) is 21.2. The second kappa shape index (κ2) is 12.2. The van der Waals surface area contributed by atoms with Crippen LogP contribution in [0.4, 0.5) is 0 Å². The van der Waals surface area contributed by atoms with Crippen LogP contribution in [-0.2, 0) is 22.7 Å². The number of carbonyl (C=O) groups is 1. The maximum absolute atomic E-state index is 12.4. The topological polar surface area (TPSA) is 92.5 Å². The van der Waals surface area contributed by atoms with Gasteiger partial charge in [0.25, 0.3) is 0 Å². The number of aliphatic hydroxyl groups excluding tert-OH is 2. The molecule has 2 heterocycles. The number of pyridine rings is 2. The van der Waals surface area contributed by atoms with Crippen molar-refractivity contribution in [3.05, 3.63) is 46.8 Å². The van der Waals surface area contributed by atoms with Gasteiger partial charge in [0.2, 0.25) is 0 Å². The number of rotatable bonds is 11. The molecule has 158 valence electrons. The van der Waals surface area contributed by atoms with Crippen molar-refractivity contribution < 1.29 is 19.7 Å². The molecule has 1 atom stereocenters. The van der Waals surface area contributed by atoms with Gasteiger partial charge in [0.15, 0.2) is 0 Å². The second-order valence-electron chi connectivity index (χ2n) is 6.49. The largest absolute Gasteiger partial charge is 0.465 e. The van der Waals surface area contributed by atoms with Crippen molar-refractivity contribution in [1.29, 1.82) is 0 Å². The van der Waals surface area contributed by atoms with Crippen molar-refractivity contribution in [1.82, 2.24) is 9.97 Å². The lowest BCUT2D eigenvalue weighted by Crippen LogP contribution is -2.21. The predicted octanol–water partition coefficient (Wildman–Crippen LogP) is 3.67. The van der Waals surface area contributed by atoms with E-state index in [4.69, 9.17) is 4.74 Å². The number of nitrogens with zero attached hydrogens (tertiary/aromatic N) is 2. The molecular formula is C21H28N2O4S2. The van der Waals surface area contributed by atoms with Gasteiger partial charge in [-0.3, -0.25) is 4.79 Å². The minimum atomic E-state index is -0.351. The van der Waals surface area contributed by atoms with Crippen LogP contribution >= 0.6 is 23.5 Å². The van der Waals surface area contributed by atoms with Crippen LogP contribution in [-0.4, -0.2) is 43.8 Å². The van der Waals surface area contributed by atoms with E-state index in [9.17, 15) is 15.0 Å². The lowest BCUT2D eigenvalue weighted by Gasteiger charge is -2.15. The zero-order valence-corrected chi connectivity index (χ0v) is 18.7. The molecule has 0 aliphatic rings. The third kappa shape index (κ3) is 7.29. The summed E-state index contributed by atoms with van der Waals surface area (Å²) in [6.07, 6.45) is 1.46. The molecule has 0 spiro atoms. The molecule has 0 saturated heterocycles. The summed E-state index contributed by atoms with van der Waals surface area (Å²) < 4.78 is 5.23. The van der Waals surface area contributed by atoms with Crippen LogP contribution in [0.1, 0.15) is 42.3 Å². The number of carbonyl (C=O) groups excluding carboxylic acids is 1. The van der Waals surface area contributed by atoms with Crippen molar-refractivity contribution in [2.45, 2.75) is 62.1 Å². The van der Waals surface area contributed by atoms with E-state index in [0.29, 0.717) is 29.4 Å². The molecule has 0 amide bonds. The Labute approximate surface area is 180 Å². The number of hydrogen-bond acceptors (Lipinski definition) is 8. The number of aromatic nitrogens is 2. The number of aliphatic hydroxyl groups is 2. The highest BCUT2D eigenvalue weighted by molar-refractivity contribution is 8.00. The monoisotopic (exact) mass is 436 g/mol. The van der Waals surface area contributed by atoms with E-state index in [1.54, 1.807) is 18.7 Å². The van der Waals surface area contributed by atoms with Crippen LogP contribution in [0, 0.1) is 13.8 Å². The van der Waals surface area contributed by atoms with Gasteiger partial charge in [-0.15, -0.1) is 11.8 Å². The molecule has 0 saturated carbocycles. The first-order valence-corrected chi connectivity index (χ1v) is 11.5. The lowest BCUT2D eigenvalue weighted by molar-refractivity contribution is -0.142. The van der Waals surface area contributed by atoms with Crippen LogP contribution in [0.5, 0.6) is 0 Å². The average Bonchev–Trinajstić information content (AvgIpc) is 2.72. The molecule has 2 N–H and O–H groups in total. The first kappa shape index (κ1) is 23.7. The second-order valence-corrected chi connectivity index (χ2v) is 8.83. The summed E-state index contributed by atoms with van der Waals surface area (Å²) in [6.45, 7) is 5.77. The van der Waals surface area contributed by atoms with Gasteiger partial charge >= 0.3 is 5.97 Å². The first-order chi connectivity index (χ1) is 14.0. The predicted molar refractivity (Wildman–Crippen MR) is 116 cm³/mol. The highest BCUT2D eigenvalue weighted by Gasteiger charge is 2.22. The Morgan fingerprint density at radius 2 is 1.62 bits per heavy atom. The Kier molecular flexibility index (Phi) is 9.93. The van der Waals surface area contributed by atoms with E-state index in [1.807, 2.05) is 38.1 Å². The molecule has 2 rings (SSSR count). The van der Waals surface area contributed by atoms with Crippen LogP contribution in [0.2, 0.25) is 0 Å². The molecule has 0 radical (unpaired) electrons. The van der Waals surface area contributed by atoms with Gasteiger partial charge in [-0.1, -0.05) is 23.9 Å². The molecule has 2 aromatic heterocycles. The highest BCUT2D eigenvalue weighted by Crippen LogP contribution is 2.28. The van der Waals surface area contributed by atoms with Crippen molar-refractivity contribution in [3.8, 4) is 0 Å². The van der Waals surface area contributed by atoms with Crippen molar-refractivity contribution in [2.75, 3.05) is 12.4 Å². The molecule has 1 unspecified atom stereocenters. The average molecular weight is 437 g/mol. The van der Waals surface area contributed by atoms with Crippen molar-refractivity contribution in [3.63, 3.8) is 0 Å². The van der Waals surface area contributed by atoms with Crippen LogP contribution in [0.3, 0.4) is 0 Å². The standard InChI is InChI=1S/C21H28N2O4S2/c1-4-27-21(26)18(29-20-10-8-15(3)17(13-25)23-20)6-5-11-28-19-9-7-14(2)16(12-24)22-19/h7-10,18,24-25H,4-6,11-13H2,1-3H3. The smallest absolute Gasteiger partial charge is 0.319 e. The normalized spacial score (nSPS) is 12.0. The Bertz CT molecular complexity index is 817. The van der Waals surface area contributed by atoms with Crippen molar-refractivity contribution in [2.24, 2.45) is 0 Å². The van der Waals surface area contributed by atoms with E-state index in [0.717, 1.165) is 28.3 Å². The van der Waals surface area contributed by atoms with Crippen LogP contribution in [0.15, 0.2) is 34.3 Å². The molecule has 0 aliphatic carbocycles. The Morgan fingerprint density at radius 1 is 1.03 bits per heavy atom. The van der Waals surface area contributed by atoms with Crippen LogP contribution in [0.25, 0.3) is 0 Å². The summed E-state index contributed by atoms with van der Waals surface area (Å²) in [5, 5.41) is 20.0. The molecule has 6 nitrogen and oxygen atoms in total. The summed E-state index contributed by atoms with van der Waals surface area (Å²) in [5.74, 6) is 0.562. The van der Waals surface area contributed by atoms with Crippen molar-refractivity contribution >= 4 is 29.5 Å². The molecule has 0 fully saturated rings. The molecule has 29 heavy (non-hydrogen) atoms. The molecule has 8 heteroatoms. The summed E-state index contributed by atoms with van der Waals surface area (Å²) in [6, 6.07) is 7.68. The summed E-state index contributed by atoms with van der Waals surface area (Å²) in [7, 11) is 0. The van der Waals surface area contributed by atoms with Gasteiger partial charge in [0.1, 0.15) is 5.25 Å². The Morgan fingerprint density at radius 3 is 2.21 bits per heavy atom. The minimum Gasteiger partial charge on any atom is -0.465 e. The SMILES string of the molecule is CCOC(=O)C(CCCSc1ccc(C)c(CO)n1)Sc1ccc(C)c(CO)n1. The fourth-order valence-electron chi connectivity index (χ4n) is 2.62. The number of aryl methyl sites for hydroxylation is 2. The Hall–Kier alpha value is -1.61. The highest BCUT2D eigenvalue weighted by atomic mass is 32.2. The molecule has 0 aliphatic heterocycles. The van der Waals surface area contributed by atoms with E-state index >= 15 is 0 Å². The van der Waals surface area contributed by atoms with Gasteiger partial charge in [-0.25, -0.2) is 9.97 Å². The summed E-state index contributed by atoms with van der Waals surface area (Å²) >= 11 is 2.98. The number of ether oxygens (including phenoxy) is 1. The van der Waals surface area contributed by atoms with Gasteiger partial charge in [0, 0.05) is 0 Å². The number of esters is 1. The molecule has 2 aromatic rings. The van der Waals surface area contributed by atoms with Gasteiger partial charge in [-0.05, 0) is 62.6 Å². The Balaban J connectivity index is 1.95. The lowest BCUT2D eigenvalue weighted by atomic mass is 10.2. The number of hydrogen-bond donors (Lipinski definition) is 2. The van der Waals surface area contributed by atoms with E-state index < -0.39 is 0 Å². The van der Waals surface area contributed by atoms with Crippen LogP contribution < -0.4 is 0 Å². The first-order valence-electron chi connectivity index (χ1n) is 9.59. The maximum atomic E-state index is 12.4. The number of thioether (sulfide) groups is 2. The third-order valence-corrected chi connectivity index (χ3v) is 6.52. The molecule has 0 aromatic carbocycles. The fourth-order valence-corrected chi connectivity index (χ4v) is 4.53. The zero-order valence-electron chi connectivity index (χ0n) is 17.1. The summed E-state index contributed by atoms with van der Waals surface area (Å²) in [4.78, 5) is 21.3. The van der Waals surface area contributed by atoms with E-state index in [1.165, 1.54) is 11.8 Å². The fraction of sp³-hybridized carbons (Fsp3) is 0.476. The summed E-state index contributed by atoms with van der Waals surface area (Å²) in [5.41, 5.74) is 3.22. The van der Waals surface area contributed by atoms with Gasteiger partial charge < -0.3 is 14.9 Å². The molecular weight excluding hydrogens is 408 g/mol. The third-order valence-electron chi connectivity index (χ3n) is 4.33. The van der Waals surface area contributed by atoms with E-state index in [2.05, 4.69) is 9.97 Å². The minimum absolute atomic E-state index is 0.0683. The van der Waals surface area contributed by atoms with E-state index in [-0.39, 0.29) is 24.4 Å². The van der Waals surface area contributed by atoms with Gasteiger partial charge in [-0.2, -0.15) is 0 Å².